The normalized spacial score (nSPS) is 24.3. The predicted octanol–water partition coefficient (Wildman–Crippen LogP) is 2.28. The summed E-state index contributed by atoms with van der Waals surface area (Å²) < 4.78 is 0. The minimum Gasteiger partial charge on any atom is -0.363 e. The van der Waals surface area contributed by atoms with Gasteiger partial charge in [0.1, 0.15) is 0 Å². The number of rotatable bonds is 3. The van der Waals surface area contributed by atoms with E-state index in [2.05, 4.69) is 27.8 Å². The molecule has 1 aliphatic rings. The lowest BCUT2D eigenvalue weighted by Gasteiger charge is -2.21. The van der Waals surface area contributed by atoms with Gasteiger partial charge in [0.25, 0.3) is 5.91 Å². The van der Waals surface area contributed by atoms with Gasteiger partial charge < -0.3 is 10.6 Å². The maximum Gasteiger partial charge on any atom is 0.282 e. The highest BCUT2D eigenvalue weighted by molar-refractivity contribution is 7.17. The summed E-state index contributed by atoms with van der Waals surface area (Å²) in [7, 11) is 1.77. The summed E-state index contributed by atoms with van der Waals surface area (Å²) >= 11 is 1.29. The van der Waals surface area contributed by atoms with Crippen molar-refractivity contribution in [3.63, 3.8) is 0 Å². The van der Waals surface area contributed by atoms with Gasteiger partial charge in [-0.2, -0.15) is 0 Å². The van der Waals surface area contributed by atoms with E-state index in [9.17, 15) is 4.79 Å². The second-order valence-electron chi connectivity index (χ2n) is 4.86. The largest absolute Gasteiger partial charge is 0.363 e. The molecule has 1 heterocycles. The van der Waals surface area contributed by atoms with E-state index in [-0.39, 0.29) is 11.9 Å². The summed E-state index contributed by atoms with van der Waals surface area (Å²) in [5, 5.41) is 14.9. The number of anilines is 1. The van der Waals surface area contributed by atoms with E-state index in [0.717, 1.165) is 6.42 Å². The molecule has 0 bridgehead atoms. The Hall–Kier alpha value is -1.17. The number of nitrogens with zero attached hydrogens (tertiary/aromatic N) is 2. The summed E-state index contributed by atoms with van der Waals surface area (Å²) in [5.41, 5.74) is 0. The van der Waals surface area contributed by atoms with Gasteiger partial charge in [-0.3, -0.25) is 4.79 Å². The Bertz CT molecular complexity index is 407. The Balaban J connectivity index is 1.97. The van der Waals surface area contributed by atoms with Crippen molar-refractivity contribution in [2.45, 2.75) is 45.1 Å². The molecule has 0 aromatic carbocycles. The first-order valence-corrected chi connectivity index (χ1v) is 7.34. The molecular formula is C12H20N4OS. The lowest BCUT2D eigenvalue weighted by Crippen LogP contribution is -2.38. The van der Waals surface area contributed by atoms with Crippen LogP contribution in [0.25, 0.3) is 0 Å². The molecule has 1 saturated carbocycles. The van der Waals surface area contributed by atoms with Crippen molar-refractivity contribution >= 4 is 22.4 Å². The van der Waals surface area contributed by atoms with Crippen molar-refractivity contribution in [3.05, 3.63) is 5.01 Å². The molecule has 0 aliphatic heterocycles. The second-order valence-corrected chi connectivity index (χ2v) is 5.84. The summed E-state index contributed by atoms with van der Waals surface area (Å²) in [6, 6.07) is 0.280. The Kier molecular flexibility index (Phi) is 4.52. The molecule has 0 spiro atoms. The first-order chi connectivity index (χ1) is 8.70. The molecule has 0 radical (unpaired) electrons. The van der Waals surface area contributed by atoms with Gasteiger partial charge in [-0.1, -0.05) is 37.5 Å². The Morgan fingerprint density at radius 1 is 1.28 bits per heavy atom. The van der Waals surface area contributed by atoms with Crippen molar-refractivity contribution < 1.29 is 4.79 Å². The molecule has 1 amide bonds. The summed E-state index contributed by atoms with van der Waals surface area (Å²) in [5.74, 6) is 0.459. The molecule has 0 saturated heterocycles. The monoisotopic (exact) mass is 268 g/mol. The number of hydrogen-bond acceptors (Lipinski definition) is 5. The quantitative estimate of drug-likeness (QED) is 0.825. The fourth-order valence-corrected chi connectivity index (χ4v) is 2.95. The molecule has 1 aromatic rings. The van der Waals surface area contributed by atoms with Crippen molar-refractivity contribution in [3.8, 4) is 0 Å². The van der Waals surface area contributed by atoms with E-state index in [0.29, 0.717) is 16.1 Å². The standard InChI is InChI=1S/C12H20N4OS/c1-8-6-4-3-5-7-9(8)14-10(17)11-15-16-12(13-2)18-11/h8-9H,3-7H2,1-2H3,(H,13,16)(H,14,17). The smallest absolute Gasteiger partial charge is 0.282 e. The van der Waals surface area contributed by atoms with Crippen LogP contribution < -0.4 is 10.6 Å². The van der Waals surface area contributed by atoms with Crippen LogP contribution in [-0.2, 0) is 0 Å². The average molecular weight is 268 g/mol. The van der Waals surface area contributed by atoms with Crippen LogP contribution in [0.15, 0.2) is 0 Å². The van der Waals surface area contributed by atoms with Crippen molar-refractivity contribution in [1.82, 2.24) is 15.5 Å². The van der Waals surface area contributed by atoms with E-state index < -0.39 is 0 Å². The van der Waals surface area contributed by atoms with Gasteiger partial charge in [0.2, 0.25) is 10.1 Å². The fourth-order valence-electron chi connectivity index (χ4n) is 2.35. The lowest BCUT2D eigenvalue weighted by molar-refractivity contribution is 0.0920. The number of carbonyl (C=O) groups is 1. The van der Waals surface area contributed by atoms with E-state index in [1.165, 1.54) is 37.0 Å². The van der Waals surface area contributed by atoms with Gasteiger partial charge in [-0.25, -0.2) is 0 Å². The summed E-state index contributed by atoms with van der Waals surface area (Å²) in [6.07, 6.45) is 6.02. The van der Waals surface area contributed by atoms with E-state index in [1.807, 2.05) is 0 Å². The van der Waals surface area contributed by atoms with Gasteiger partial charge in [0.15, 0.2) is 0 Å². The number of carbonyl (C=O) groups excluding carboxylic acids is 1. The van der Waals surface area contributed by atoms with Gasteiger partial charge in [-0.15, -0.1) is 10.2 Å². The molecule has 100 valence electrons. The maximum atomic E-state index is 12.1. The van der Waals surface area contributed by atoms with Crippen LogP contribution >= 0.6 is 11.3 Å². The number of nitrogens with one attached hydrogen (secondary N) is 2. The highest BCUT2D eigenvalue weighted by Gasteiger charge is 2.23. The van der Waals surface area contributed by atoms with Crippen LogP contribution in [0.2, 0.25) is 0 Å². The van der Waals surface area contributed by atoms with Crippen LogP contribution in [0.5, 0.6) is 0 Å². The van der Waals surface area contributed by atoms with Crippen molar-refractivity contribution in [2.75, 3.05) is 12.4 Å². The molecule has 5 nitrogen and oxygen atoms in total. The lowest BCUT2D eigenvalue weighted by atomic mass is 9.97. The molecule has 1 aromatic heterocycles. The van der Waals surface area contributed by atoms with Crippen LogP contribution in [0.4, 0.5) is 5.13 Å². The summed E-state index contributed by atoms with van der Waals surface area (Å²) in [4.78, 5) is 12.1. The minimum absolute atomic E-state index is 0.0900. The molecule has 2 unspecified atom stereocenters. The Morgan fingerprint density at radius 2 is 2.06 bits per heavy atom. The third-order valence-corrected chi connectivity index (χ3v) is 4.45. The van der Waals surface area contributed by atoms with Gasteiger partial charge in [0.05, 0.1) is 0 Å². The SMILES string of the molecule is CNc1nnc(C(=O)NC2CCCCCC2C)s1. The van der Waals surface area contributed by atoms with E-state index >= 15 is 0 Å². The zero-order valence-electron chi connectivity index (χ0n) is 10.9. The minimum atomic E-state index is -0.0900. The molecule has 1 aliphatic carbocycles. The molecule has 2 N–H and O–H groups in total. The summed E-state index contributed by atoms with van der Waals surface area (Å²) in [6.45, 7) is 2.22. The highest BCUT2D eigenvalue weighted by Crippen LogP contribution is 2.23. The topological polar surface area (TPSA) is 66.9 Å². The van der Waals surface area contributed by atoms with Crippen LogP contribution in [0.1, 0.15) is 48.8 Å². The predicted molar refractivity (Wildman–Crippen MR) is 73.0 cm³/mol. The van der Waals surface area contributed by atoms with Gasteiger partial charge in [0, 0.05) is 13.1 Å². The fraction of sp³-hybridized carbons (Fsp3) is 0.750. The van der Waals surface area contributed by atoms with Gasteiger partial charge in [-0.05, 0) is 18.8 Å². The molecule has 18 heavy (non-hydrogen) atoms. The zero-order chi connectivity index (χ0) is 13.0. The molecular weight excluding hydrogens is 248 g/mol. The second kappa shape index (κ2) is 6.13. The van der Waals surface area contributed by atoms with Crippen molar-refractivity contribution in [1.29, 1.82) is 0 Å². The molecule has 1 fully saturated rings. The first-order valence-electron chi connectivity index (χ1n) is 6.53. The van der Waals surface area contributed by atoms with E-state index in [1.54, 1.807) is 7.05 Å². The average Bonchev–Trinajstić information content (AvgIpc) is 2.77. The van der Waals surface area contributed by atoms with Crippen LogP contribution in [0.3, 0.4) is 0 Å². The van der Waals surface area contributed by atoms with Crippen LogP contribution in [0, 0.1) is 5.92 Å². The molecule has 2 atom stereocenters. The Labute approximate surface area is 111 Å². The number of amides is 1. The molecule has 2 rings (SSSR count). The van der Waals surface area contributed by atoms with Crippen LogP contribution in [-0.4, -0.2) is 29.2 Å². The Morgan fingerprint density at radius 3 is 2.78 bits per heavy atom. The van der Waals surface area contributed by atoms with E-state index in [4.69, 9.17) is 0 Å². The highest BCUT2D eigenvalue weighted by atomic mass is 32.1. The number of hydrogen-bond donors (Lipinski definition) is 2. The third-order valence-electron chi connectivity index (χ3n) is 3.51. The first kappa shape index (κ1) is 13.3. The zero-order valence-corrected chi connectivity index (χ0v) is 11.7. The number of aromatic nitrogens is 2. The molecule has 6 heteroatoms. The third kappa shape index (κ3) is 3.19. The van der Waals surface area contributed by atoms with Crippen molar-refractivity contribution in [2.24, 2.45) is 5.92 Å². The maximum absolute atomic E-state index is 12.1. The van der Waals surface area contributed by atoms with Gasteiger partial charge >= 0.3 is 0 Å².